The van der Waals surface area contributed by atoms with Crippen LogP contribution in [-0.2, 0) is 20.1 Å². The van der Waals surface area contributed by atoms with Crippen LogP contribution in [0.5, 0.6) is 0 Å². The van der Waals surface area contributed by atoms with Crippen LogP contribution in [0.4, 0.5) is 0 Å². The molecule has 28 heavy (non-hydrogen) atoms. The highest BCUT2D eigenvalue weighted by atomic mass is 35.5. The number of carbonyl (C=O) groups excluding carboxylic acids is 3. The molecule has 2 amide bonds. The molecular weight excluding hydrogens is 400 g/mol. The van der Waals surface area contributed by atoms with Gasteiger partial charge in [-0.2, -0.15) is 0 Å². The van der Waals surface area contributed by atoms with Gasteiger partial charge in [0, 0.05) is 22.2 Å². The maximum Gasteiger partial charge on any atom is 0.338 e. The molecule has 0 aliphatic rings. The van der Waals surface area contributed by atoms with E-state index in [0.717, 1.165) is 16.2 Å². The average Bonchev–Trinajstić information content (AvgIpc) is 2.70. The van der Waals surface area contributed by atoms with Crippen LogP contribution >= 0.6 is 23.4 Å². The maximum atomic E-state index is 12.0. The number of likely N-dealkylation sites (N-methyl/N-ethyl adjacent to an activating group) is 1. The van der Waals surface area contributed by atoms with E-state index < -0.39 is 18.5 Å². The summed E-state index contributed by atoms with van der Waals surface area (Å²) in [5, 5.41) is 5.63. The van der Waals surface area contributed by atoms with Gasteiger partial charge in [-0.05, 0) is 48.9 Å². The SMILES string of the molecule is CCNC(=O)CNC(=O)COC(=O)c1ccc(CSc2ccc(Cl)cc2)cc1. The first-order valence-corrected chi connectivity index (χ1v) is 10.0. The fraction of sp³-hybridized carbons (Fsp3) is 0.250. The number of amides is 2. The molecule has 2 N–H and O–H groups in total. The van der Waals surface area contributed by atoms with E-state index >= 15 is 0 Å². The lowest BCUT2D eigenvalue weighted by molar-refractivity contribution is -0.127. The molecule has 0 aliphatic heterocycles. The summed E-state index contributed by atoms with van der Waals surface area (Å²) in [6.45, 7) is 1.68. The van der Waals surface area contributed by atoms with E-state index in [1.165, 1.54) is 0 Å². The molecule has 0 fully saturated rings. The van der Waals surface area contributed by atoms with Gasteiger partial charge in [0.1, 0.15) is 0 Å². The largest absolute Gasteiger partial charge is 0.452 e. The normalized spacial score (nSPS) is 10.2. The third kappa shape index (κ3) is 7.62. The Morgan fingerprint density at radius 1 is 0.964 bits per heavy atom. The molecule has 6 nitrogen and oxygen atoms in total. The molecule has 8 heteroatoms. The van der Waals surface area contributed by atoms with Crippen LogP contribution in [0.15, 0.2) is 53.4 Å². The van der Waals surface area contributed by atoms with Crippen LogP contribution in [0.1, 0.15) is 22.8 Å². The first kappa shape index (κ1) is 21.8. The van der Waals surface area contributed by atoms with Gasteiger partial charge in [-0.1, -0.05) is 23.7 Å². The Labute approximate surface area is 173 Å². The van der Waals surface area contributed by atoms with E-state index in [1.807, 2.05) is 36.4 Å². The molecule has 0 unspecified atom stereocenters. The zero-order valence-corrected chi connectivity index (χ0v) is 16.9. The fourth-order valence-corrected chi connectivity index (χ4v) is 3.12. The summed E-state index contributed by atoms with van der Waals surface area (Å²) in [7, 11) is 0. The van der Waals surface area contributed by atoms with Gasteiger partial charge in [0.25, 0.3) is 5.91 Å². The van der Waals surface area contributed by atoms with Crippen molar-refractivity contribution in [3.8, 4) is 0 Å². The molecule has 0 aliphatic carbocycles. The Bertz CT molecular complexity index is 810. The molecule has 0 bridgehead atoms. The Morgan fingerprint density at radius 3 is 2.29 bits per heavy atom. The zero-order valence-electron chi connectivity index (χ0n) is 15.4. The Hall–Kier alpha value is -2.51. The number of hydrogen-bond acceptors (Lipinski definition) is 5. The summed E-state index contributed by atoms with van der Waals surface area (Å²) in [4.78, 5) is 36.0. The molecule has 0 saturated heterocycles. The number of benzene rings is 2. The molecule has 0 saturated carbocycles. The lowest BCUT2D eigenvalue weighted by Gasteiger charge is -2.07. The molecule has 0 aromatic heterocycles. The number of halogens is 1. The number of esters is 1. The van der Waals surface area contributed by atoms with Crippen LogP contribution < -0.4 is 10.6 Å². The summed E-state index contributed by atoms with van der Waals surface area (Å²) in [5.41, 5.74) is 1.41. The van der Waals surface area contributed by atoms with Crippen molar-refractivity contribution in [2.75, 3.05) is 19.7 Å². The molecule has 2 rings (SSSR count). The standard InChI is InChI=1S/C20H21ClN2O4S/c1-2-22-18(24)11-23-19(25)12-27-20(26)15-5-3-14(4-6-15)13-28-17-9-7-16(21)8-10-17/h3-10H,2,11-13H2,1H3,(H,22,24)(H,23,25). The van der Waals surface area contributed by atoms with Gasteiger partial charge in [0.2, 0.25) is 5.91 Å². The van der Waals surface area contributed by atoms with Crippen molar-refractivity contribution in [1.82, 2.24) is 10.6 Å². The van der Waals surface area contributed by atoms with Crippen LogP contribution in [0.25, 0.3) is 0 Å². The highest BCUT2D eigenvalue weighted by Gasteiger charge is 2.11. The van der Waals surface area contributed by atoms with Crippen molar-refractivity contribution in [2.24, 2.45) is 0 Å². The molecule has 0 spiro atoms. The predicted molar refractivity (Wildman–Crippen MR) is 109 cm³/mol. The van der Waals surface area contributed by atoms with Gasteiger partial charge >= 0.3 is 5.97 Å². The van der Waals surface area contributed by atoms with E-state index in [-0.39, 0.29) is 12.5 Å². The van der Waals surface area contributed by atoms with Crippen molar-refractivity contribution < 1.29 is 19.1 Å². The minimum absolute atomic E-state index is 0.149. The van der Waals surface area contributed by atoms with Crippen LogP contribution in [0.2, 0.25) is 5.02 Å². The smallest absolute Gasteiger partial charge is 0.338 e. The number of ether oxygens (including phenoxy) is 1. The molecule has 2 aromatic carbocycles. The van der Waals surface area contributed by atoms with Crippen molar-refractivity contribution in [3.05, 3.63) is 64.7 Å². The van der Waals surface area contributed by atoms with Gasteiger partial charge < -0.3 is 15.4 Å². The summed E-state index contributed by atoms with van der Waals surface area (Å²) in [5.74, 6) is -0.672. The summed E-state index contributed by atoms with van der Waals surface area (Å²) < 4.78 is 4.96. The van der Waals surface area contributed by atoms with Crippen LogP contribution in [-0.4, -0.2) is 37.5 Å². The number of carbonyl (C=O) groups is 3. The minimum atomic E-state index is -0.593. The Morgan fingerprint density at radius 2 is 1.64 bits per heavy atom. The second-order valence-electron chi connectivity index (χ2n) is 5.75. The highest BCUT2D eigenvalue weighted by Crippen LogP contribution is 2.24. The summed E-state index contributed by atoms with van der Waals surface area (Å²) in [6.07, 6.45) is 0. The Kier molecular flexibility index (Phi) is 8.84. The van der Waals surface area contributed by atoms with E-state index in [4.69, 9.17) is 16.3 Å². The highest BCUT2D eigenvalue weighted by molar-refractivity contribution is 7.98. The van der Waals surface area contributed by atoms with E-state index in [9.17, 15) is 14.4 Å². The third-order valence-electron chi connectivity index (χ3n) is 3.56. The molecule has 2 aromatic rings. The van der Waals surface area contributed by atoms with Crippen molar-refractivity contribution >= 4 is 41.1 Å². The van der Waals surface area contributed by atoms with E-state index in [2.05, 4.69) is 10.6 Å². The van der Waals surface area contributed by atoms with Gasteiger partial charge in [0.05, 0.1) is 12.1 Å². The van der Waals surface area contributed by atoms with Crippen LogP contribution in [0, 0.1) is 0 Å². The Balaban J connectivity index is 1.75. The summed E-state index contributed by atoms with van der Waals surface area (Å²) in [6, 6.07) is 14.6. The lowest BCUT2D eigenvalue weighted by Crippen LogP contribution is -2.38. The molecular formula is C20H21ClN2O4S. The third-order valence-corrected chi connectivity index (χ3v) is 4.90. The average molecular weight is 421 g/mol. The fourth-order valence-electron chi connectivity index (χ4n) is 2.14. The van der Waals surface area contributed by atoms with Crippen molar-refractivity contribution in [2.45, 2.75) is 17.6 Å². The topological polar surface area (TPSA) is 84.5 Å². The summed E-state index contributed by atoms with van der Waals surface area (Å²) >= 11 is 7.53. The van der Waals surface area contributed by atoms with Crippen molar-refractivity contribution in [1.29, 1.82) is 0 Å². The van der Waals surface area contributed by atoms with Gasteiger partial charge in [-0.15, -0.1) is 11.8 Å². The van der Waals surface area contributed by atoms with E-state index in [1.54, 1.807) is 30.8 Å². The number of hydrogen-bond donors (Lipinski definition) is 2. The number of nitrogens with one attached hydrogen (secondary N) is 2. The van der Waals surface area contributed by atoms with E-state index in [0.29, 0.717) is 17.1 Å². The number of rotatable bonds is 9. The monoisotopic (exact) mass is 420 g/mol. The number of thioether (sulfide) groups is 1. The molecule has 0 atom stereocenters. The van der Waals surface area contributed by atoms with Crippen LogP contribution in [0.3, 0.4) is 0 Å². The second kappa shape index (κ2) is 11.4. The molecule has 0 heterocycles. The van der Waals surface area contributed by atoms with Crippen molar-refractivity contribution in [3.63, 3.8) is 0 Å². The first-order valence-electron chi connectivity index (χ1n) is 8.65. The van der Waals surface area contributed by atoms with Gasteiger partial charge in [0.15, 0.2) is 6.61 Å². The quantitative estimate of drug-likeness (QED) is 0.481. The maximum absolute atomic E-state index is 12.0. The second-order valence-corrected chi connectivity index (χ2v) is 7.23. The molecule has 148 valence electrons. The first-order chi connectivity index (χ1) is 13.5. The molecule has 0 radical (unpaired) electrons. The van der Waals surface area contributed by atoms with Gasteiger partial charge in [-0.3, -0.25) is 9.59 Å². The predicted octanol–water partition coefficient (Wildman–Crippen LogP) is 3.04. The van der Waals surface area contributed by atoms with Gasteiger partial charge in [-0.25, -0.2) is 4.79 Å². The zero-order chi connectivity index (χ0) is 20.4. The lowest BCUT2D eigenvalue weighted by atomic mass is 10.1. The minimum Gasteiger partial charge on any atom is -0.452 e.